The zero-order valence-electron chi connectivity index (χ0n) is 8.62. The number of anilines is 1. The minimum atomic E-state index is -4.72. The average molecular weight is 251 g/mol. The number of nitrogens with one attached hydrogen (secondary N) is 1. The van der Waals surface area contributed by atoms with Crippen molar-refractivity contribution in [2.24, 2.45) is 0 Å². The number of rotatable bonds is 1. The molecule has 1 amide bonds. The van der Waals surface area contributed by atoms with Crippen LogP contribution in [-0.4, -0.2) is 18.2 Å². The summed E-state index contributed by atoms with van der Waals surface area (Å²) in [5.74, 6) is 0. The highest BCUT2D eigenvalue weighted by Gasteiger charge is 2.18. The summed E-state index contributed by atoms with van der Waals surface area (Å²) in [5.41, 5.74) is 0.339. The van der Waals surface area contributed by atoms with E-state index in [9.17, 15) is 13.2 Å². The molecule has 2 N–H and O–H groups in total. The molecule has 0 aliphatic rings. The molecule has 0 heterocycles. The van der Waals surface area contributed by atoms with Gasteiger partial charge in [0.25, 0.3) is 0 Å². The van der Waals surface area contributed by atoms with Gasteiger partial charge in [-0.1, -0.05) is 36.4 Å². The van der Waals surface area contributed by atoms with Crippen molar-refractivity contribution < 1.29 is 17.8 Å². The zero-order chi connectivity index (χ0) is 12.5. The van der Waals surface area contributed by atoms with Crippen LogP contribution in [0.2, 0.25) is 0 Å². The van der Waals surface area contributed by atoms with Gasteiger partial charge in [0.1, 0.15) is 0 Å². The van der Waals surface area contributed by atoms with E-state index in [1.165, 1.54) is 0 Å². The predicted molar refractivity (Wildman–Crippen MR) is 64.5 cm³/mol. The Morgan fingerprint density at radius 1 is 1.06 bits per heavy atom. The summed E-state index contributed by atoms with van der Waals surface area (Å²) in [5, 5.41) is 2.27. The zero-order valence-corrected chi connectivity index (χ0v) is 9.44. The third-order valence-electron chi connectivity index (χ3n) is 2.26. The molecule has 2 rings (SSSR count). The molecule has 0 atom stereocenters. The first-order valence-corrected chi connectivity index (χ1v) is 6.19. The fourth-order valence-electron chi connectivity index (χ4n) is 1.51. The van der Waals surface area contributed by atoms with Crippen LogP contribution in [0.1, 0.15) is 0 Å². The minimum Gasteiger partial charge on any atom is -0.310 e. The van der Waals surface area contributed by atoms with E-state index in [4.69, 9.17) is 4.55 Å². The lowest BCUT2D eigenvalue weighted by atomic mass is 10.1. The van der Waals surface area contributed by atoms with Crippen molar-refractivity contribution in [3.8, 4) is 0 Å². The molecule has 88 valence electrons. The maximum atomic E-state index is 11.1. The number of hydrogen-bond donors (Lipinski definition) is 2. The van der Waals surface area contributed by atoms with Crippen LogP contribution in [0.3, 0.4) is 0 Å². The van der Waals surface area contributed by atoms with E-state index in [-0.39, 0.29) is 0 Å². The van der Waals surface area contributed by atoms with Gasteiger partial charge in [-0.2, -0.15) is 8.42 Å². The van der Waals surface area contributed by atoms with Crippen molar-refractivity contribution in [1.29, 1.82) is 0 Å². The molecular formula is C11H9NO4S. The molecule has 0 saturated carbocycles. The van der Waals surface area contributed by atoms with Crippen molar-refractivity contribution in [2.45, 2.75) is 0 Å². The molecule has 2 aromatic carbocycles. The number of hydrogen-bond acceptors (Lipinski definition) is 3. The van der Waals surface area contributed by atoms with Crippen LogP contribution in [0.5, 0.6) is 0 Å². The Labute approximate surface area is 97.8 Å². The summed E-state index contributed by atoms with van der Waals surface area (Å²) in [4.78, 5) is 11.1. The third kappa shape index (κ3) is 2.43. The maximum absolute atomic E-state index is 11.1. The summed E-state index contributed by atoms with van der Waals surface area (Å²) >= 11 is 0. The van der Waals surface area contributed by atoms with Gasteiger partial charge in [-0.3, -0.25) is 9.35 Å². The smallest absolute Gasteiger partial charge is 0.310 e. The van der Waals surface area contributed by atoms with E-state index in [1.54, 1.807) is 24.3 Å². The molecule has 0 fully saturated rings. The highest BCUT2D eigenvalue weighted by molar-refractivity contribution is 8.01. The number of carbonyl (C=O) groups excluding carboxylic acids is 1. The molecule has 0 aromatic heterocycles. The molecule has 0 aliphatic heterocycles. The quantitative estimate of drug-likeness (QED) is 0.761. The average Bonchev–Trinajstić information content (AvgIpc) is 2.28. The molecule has 0 saturated heterocycles. The summed E-state index contributed by atoms with van der Waals surface area (Å²) in [6.07, 6.45) is 0. The van der Waals surface area contributed by atoms with Crippen molar-refractivity contribution >= 4 is 31.8 Å². The van der Waals surface area contributed by atoms with Crippen molar-refractivity contribution in [3.63, 3.8) is 0 Å². The Balaban J connectivity index is 2.47. The van der Waals surface area contributed by atoms with E-state index in [0.29, 0.717) is 11.1 Å². The van der Waals surface area contributed by atoms with Crippen LogP contribution in [0.25, 0.3) is 10.8 Å². The van der Waals surface area contributed by atoms with Crippen LogP contribution in [0.15, 0.2) is 42.5 Å². The topological polar surface area (TPSA) is 83.5 Å². The summed E-state index contributed by atoms with van der Waals surface area (Å²) < 4.78 is 29.8. The number of fused-ring (bicyclic) bond motifs is 1. The van der Waals surface area contributed by atoms with Crippen molar-refractivity contribution in [3.05, 3.63) is 42.5 Å². The summed E-state index contributed by atoms with van der Waals surface area (Å²) in [6.45, 7) is 0. The first-order chi connectivity index (χ1) is 7.98. The second-order valence-corrected chi connectivity index (χ2v) is 4.74. The second kappa shape index (κ2) is 4.15. The van der Waals surface area contributed by atoms with Gasteiger partial charge < -0.3 is 5.32 Å². The highest BCUT2D eigenvalue weighted by Crippen LogP contribution is 2.23. The lowest BCUT2D eigenvalue weighted by Gasteiger charge is -2.06. The maximum Gasteiger partial charge on any atom is 0.367 e. The van der Waals surface area contributed by atoms with Crippen molar-refractivity contribution in [1.82, 2.24) is 0 Å². The second-order valence-electron chi connectivity index (χ2n) is 3.41. The van der Waals surface area contributed by atoms with E-state index in [1.807, 2.05) is 18.2 Å². The molecule has 0 aliphatic carbocycles. The van der Waals surface area contributed by atoms with Gasteiger partial charge in [-0.25, -0.2) is 0 Å². The van der Waals surface area contributed by atoms with E-state index in [2.05, 4.69) is 5.32 Å². The monoisotopic (exact) mass is 251 g/mol. The van der Waals surface area contributed by atoms with Crippen LogP contribution in [0, 0.1) is 0 Å². The van der Waals surface area contributed by atoms with Crippen LogP contribution < -0.4 is 5.32 Å². The summed E-state index contributed by atoms with van der Waals surface area (Å²) in [6, 6.07) is 12.3. The largest absolute Gasteiger partial charge is 0.367 e. The number of amides is 1. The standard InChI is InChI=1S/C11H9NO4S/c13-11(17(14,15)16)12-10-7-3-5-8-4-1-2-6-9(8)10/h1-7H,(H,12,13)(H,14,15,16). The Kier molecular flexibility index (Phi) is 2.83. The predicted octanol–water partition coefficient (Wildman–Crippen LogP) is 2.26. The SMILES string of the molecule is O=C(Nc1cccc2ccccc12)S(=O)(=O)O. The van der Waals surface area contributed by atoms with E-state index >= 15 is 0 Å². The van der Waals surface area contributed by atoms with Gasteiger partial charge in [0.05, 0.1) is 0 Å². The highest BCUT2D eigenvalue weighted by atomic mass is 32.2. The Hall–Kier alpha value is -1.92. The van der Waals surface area contributed by atoms with Gasteiger partial charge in [0.15, 0.2) is 0 Å². The molecule has 6 heteroatoms. The summed E-state index contributed by atoms with van der Waals surface area (Å²) in [7, 11) is -4.72. The molecule has 0 radical (unpaired) electrons. The molecular weight excluding hydrogens is 242 g/mol. The van der Waals surface area contributed by atoms with Crippen LogP contribution in [-0.2, 0) is 10.1 Å². The van der Waals surface area contributed by atoms with Gasteiger partial charge >= 0.3 is 15.4 Å². The fourth-order valence-corrected chi connectivity index (χ4v) is 1.75. The molecule has 0 bridgehead atoms. The van der Waals surface area contributed by atoms with Gasteiger partial charge in [0.2, 0.25) is 0 Å². The first kappa shape index (κ1) is 11.6. The molecule has 17 heavy (non-hydrogen) atoms. The molecule has 0 unspecified atom stereocenters. The van der Waals surface area contributed by atoms with E-state index < -0.39 is 15.4 Å². The van der Waals surface area contributed by atoms with Crippen LogP contribution in [0.4, 0.5) is 10.5 Å². The fraction of sp³-hybridized carbons (Fsp3) is 0. The minimum absolute atomic E-state index is 0.339. The number of carbonyl (C=O) groups is 1. The molecule has 0 spiro atoms. The Bertz CT molecular complexity index is 673. The molecule has 5 nitrogen and oxygen atoms in total. The Morgan fingerprint density at radius 2 is 1.71 bits per heavy atom. The number of benzene rings is 2. The van der Waals surface area contributed by atoms with Gasteiger partial charge in [0, 0.05) is 11.1 Å². The lowest BCUT2D eigenvalue weighted by molar-refractivity contribution is 0.265. The first-order valence-electron chi connectivity index (χ1n) is 4.75. The van der Waals surface area contributed by atoms with Crippen LogP contribution >= 0.6 is 0 Å². The molecule has 2 aromatic rings. The van der Waals surface area contributed by atoms with Gasteiger partial charge in [-0.05, 0) is 11.5 Å². The van der Waals surface area contributed by atoms with Gasteiger partial charge in [-0.15, -0.1) is 0 Å². The third-order valence-corrected chi connectivity index (χ3v) is 2.83. The lowest BCUT2D eigenvalue weighted by Crippen LogP contribution is -2.20. The van der Waals surface area contributed by atoms with Crippen molar-refractivity contribution in [2.75, 3.05) is 5.32 Å². The normalized spacial score (nSPS) is 11.4. The van der Waals surface area contributed by atoms with E-state index in [0.717, 1.165) is 5.39 Å². The Morgan fingerprint density at radius 3 is 2.41 bits per heavy atom.